The van der Waals surface area contributed by atoms with Crippen LogP contribution in [0, 0.1) is 13.8 Å². The summed E-state index contributed by atoms with van der Waals surface area (Å²) in [6, 6.07) is 26.8. The number of ketones is 1. The Morgan fingerprint density at radius 2 is 1.33 bits per heavy atom. The van der Waals surface area contributed by atoms with E-state index in [1.165, 1.54) is 9.79 Å². The maximum atomic E-state index is 13.0. The molecule has 3 aromatic rings. The summed E-state index contributed by atoms with van der Waals surface area (Å²) in [4.78, 5) is 15.4. The number of benzene rings is 3. The molecule has 3 aromatic carbocycles. The SMILES string of the molecule is Cc1ccc(C)c(C(=O)C[S+](c2ccccc2)c2ccccc2)c1. The number of carbonyl (C=O) groups excluding carboxylic acids is 1. The second-order valence-corrected chi connectivity index (χ2v) is 7.92. The van der Waals surface area contributed by atoms with Crippen LogP contribution < -0.4 is 0 Å². The molecule has 0 bridgehead atoms. The van der Waals surface area contributed by atoms with E-state index in [-0.39, 0.29) is 16.7 Å². The third-order valence-corrected chi connectivity index (χ3v) is 6.26. The van der Waals surface area contributed by atoms with Crippen LogP contribution in [-0.2, 0) is 10.9 Å². The molecule has 2 heteroatoms. The van der Waals surface area contributed by atoms with E-state index in [0.29, 0.717) is 5.75 Å². The first-order chi connectivity index (χ1) is 11.6. The van der Waals surface area contributed by atoms with E-state index in [2.05, 4.69) is 30.3 Å². The van der Waals surface area contributed by atoms with Gasteiger partial charge in [0, 0.05) is 5.56 Å². The van der Waals surface area contributed by atoms with Crippen molar-refractivity contribution in [3.05, 3.63) is 95.6 Å². The summed E-state index contributed by atoms with van der Waals surface area (Å²) in [5.74, 6) is 0.727. The zero-order valence-electron chi connectivity index (χ0n) is 14.0. The van der Waals surface area contributed by atoms with Gasteiger partial charge in [0.1, 0.15) is 0 Å². The Morgan fingerprint density at radius 3 is 1.88 bits per heavy atom. The molecule has 0 saturated heterocycles. The molecule has 3 rings (SSSR count). The molecule has 0 radical (unpaired) electrons. The van der Waals surface area contributed by atoms with Crippen molar-refractivity contribution < 1.29 is 4.79 Å². The van der Waals surface area contributed by atoms with Gasteiger partial charge in [0.05, 0.1) is 10.9 Å². The first kappa shape index (κ1) is 16.5. The lowest BCUT2D eigenvalue weighted by Crippen LogP contribution is -2.18. The fourth-order valence-corrected chi connectivity index (χ4v) is 4.71. The van der Waals surface area contributed by atoms with E-state index < -0.39 is 0 Å². The van der Waals surface area contributed by atoms with Gasteiger partial charge in [0.15, 0.2) is 15.5 Å². The van der Waals surface area contributed by atoms with E-state index in [9.17, 15) is 4.79 Å². The summed E-state index contributed by atoms with van der Waals surface area (Å²) in [6.45, 7) is 4.04. The van der Waals surface area contributed by atoms with Crippen LogP contribution in [0.2, 0.25) is 0 Å². The maximum Gasteiger partial charge on any atom is 0.213 e. The molecule has 0 fully saturated rings. The fourth-order valence-electron chi connectivity index (χ4n) is 2.72. The monoisotopic (exact) mass is 333 g/mol. The molecule has 0 unspecified atom stereocenters. The Labute approximate surface area is 146 Å². The van der Waals surface area contributed by atoms with Gasteiger partial charge in [-0.2, -0.15) is 0 Å². The van der Waals surface area contributed by atoms with E-state index in [4.69, 9.17) is 0 Å². The molecular weight excluding hydrogens is 312 g/mol. The maximum absolute atomic E-state index is 13.0. The highest BCUT2D eigenvalue weighted by Crippen LogP contribution is 2.25. The number of rotatable bonds is 5. The van der Waals surface area contributed by atoms with Crippen molar-refractivity contribution in [3.8, 4) is 0 Å². The van der Waals surface area contributed by atoms with Crippen molar-refractivity contribution in [1.29, 1.82) is 0 Å². The summed E-state index contributed by atoms with van der Waals surface area (Å²) in [6.07, 6.45) is 0. The van der Waals surface area contributed by atoms with Crippen molar-refractivity contribution in [3.63, 3.8) is 0 Å². The van der Waals surface area contributed by atoms with Crippen LogP contribution in [0.1, 0.15) is 21.5 Å². The molecule has 0 saturated carbocycles. The van der Waals surface area contributed by atoms with Crippen LogP contribution in [0.15, 0.2) is 88.7 Å². The number of aryl methyl sites for hydroxylation is 2. The standard InChI is InChI=1S/C22H21OS/c1-17-13-14-18(2)21(15-17)22(23)16-24(19-9-5-3-6-10-19)20-11-7-4-8-12-20/h3-15H,16H2,1-2H3/q+1. The minimum absolute atomic E-state index is 0.215. The Kier molecular flexibility index (Phi) is 5.17. The number of carbonyl (C=O) groups is 1. The molecule has 0 heterocycles. The Morgan fingerprint density at radius 1 is 0.792 bits per heavy atom. The van der Waals surface area contributed by atoms with Gasteiger partial charge in [-0.1, -0.05) is 54.1 Å². The van der Waals surface area contributed by atoms with Crippen molar-refractivity contribution in [2.45, 2.75) is 23.6 Å². The summed E-state index contributed by atoms with van der Waals surface area (Å²) in [7, 11) is -0.246. The minimum atomic E-state index is -0.246. The lowest BCUT2D eigenvalue weighted by atomic mass is 10.0. The highest BCUT2D eigenvalue weighted by Gasteiger charge is 2.29. The van der Waals surface area contributed by atoms with Gasteiger partial charge in [-0.05, 0) is 49.7 Å². The lowest BCUT2D eigenvalue weighted by molar-refractivity contribution is 0.102. The normalized spacial score (nSPS) is 10.8. The van der Waals surface area contributed by atoms with Crippen LogP contribution >= 0.6 is 0 Å². The molecule has 24 heavy (non-hydrogen) atoms. The third kappa shape index (κ3) is 3.77. The van der Waals surface area contributed by atoms with Gasteiger partial charge in [-0.3, -0.25) is 4.79 Å². The zero-order valence-corrected chi connectivity index (χ0v) is 14.8. The summed E-state index contributed by atoms with van der Waals surface area (Å²) >= 11 is 0. The molecule has 1 nitrogen and oxygen atoms in total. The van der Waals surface area contributed by atoms with Crippen molar-refractivity contribution in [1.82, 2.24) is 0 Å². The minimum Gasteiger partial charge on any atom is -0.289 e. The molecule has 0 atom stereocenters. The molecule has 120 valence electrons. The van der Waals surface area contributed by atoms with Gasteiger partial charge >= 0.3 is 0 Å². The first-order valence-corrected chi connectivity index (χ1v) is 9.46. The molecule has 0 spiro atoms. The molecule has 0 aliphatic carbocycles. The summed E-state index contributed by atoms with van der Waals surface area (Å²) < 4.78 is 0. The van der Waals surface area contributed by atoms with E-state index in [1.807, 2.05) is 62.4 Å². The van der Waals surface area contributed by atoms with Gasteiger partial charge in [-0.15, -0.1) is 0 Å². The quantitative estimate of drug-likeness (QED) is 0.462. The lowest BCUT2D eigenvalue weighted by Gasteiger charge is -2.09. The van der Waals surface area contributed by atoms with Crippen LogP contribution in [0.4, 0.5) is 0 Å². The highest BCUT2D eigenvalue weighted by molar-refractivity contribution is 7.97. The molecular formula is C22H21OS+. The van der Waals surface area contributed by atoms with Crippen LogP contribution in [0.3, 0.4) is 0 Å². The fraction of sp³-hybridized carbons (Fsp3) is 0.136. The second kappa shape index (κ2) is 7.50. The molecule has 0 amide bonds. The van der Waals surface area contributed by atoms with Crippen molar-refractivity contribution in [2.75, 3.05) is 5.75 Å². The average Bonchev–Trinajstić information content (AvgIpc) is 2.63. The van der Waals surface area contributed by atoms with Gasteiger partial charge in [0.25, 0.3) is 0 Å². The van der Waals surface area contributed by atoms with E-state index in [1.54, 1.807) is 0 Å². The molecule has 0 aliphatic heterocycles. The van der Waals surface area contributed by atoms with Crippen LogP contribution in [-0.4, -0.2) is 11.5 Å². The van der Waals surface area contributed by atoms with Gasteiger partial charge in [-0.25, -0.2) is 0 Å². The molecule has 0 aliphatic rings. The highest BCUT2D eigenvalue weighted by atomic mass is 32.2. The van der Waals surface area contributed by atoms with Crippen molar-refractivity contribution >= 4 is 16.7 Å². The molecule has 0 aromatic heterocycles. The van der Waals surface area contributed by atoms with E-state index >= 15 is 0 Å². The van der Waals surface area contributed by atoms with Crippen molar-refractivity contribution in [2.24, 2.45) is 0 Å². The van der Waals surface area contributed by atoms with Crippen LogP contribution in [0.5, 0.6) is 0 Å². The Bertz CT molecular complexity index is 786. The number of hydrogen-bond donors (Lipinski definition) is 0. The number of Topliss-reactive ketones (excluding diaryl/α,β-unsaturated/α-hetero) is 1. The topological polar surface area (TPSA) is 17.1 Å². The van der Waals surface area contributed by atoms with Crippen LogP contribution in [0.25, 0.3) is 0 Å². The smallest absolute Gasteiger partial charge is 0.213 e. The zero-order chi connectivity index (χ0) is 16.9. The summed E-state index contributed by atoms with van der Waals surface area (Å²) in [5, 5.41) is 0. The van der Waals surface area contributed by atoms with Gasteiger partial charge < -0.3 is 0 Å². The van der Waals surface area contributed by atoms with E-state index in [0.717, 1.165) is 16.7 Å². The predicted molar refractivity (Wildman–Crippen MR) is 102 cm³/mol. The first-order valence-electron chi connectivity index (χ1n) is 8.06. The predicted octanol–water partition coefficient (Wildman–Crippen LogP) is 5.22. The van der Waals surface area contributed by atoms with Gasteiger partial charge in [0.2, 0.25) is 5.78 Å². The molecule has 0 N–H and O–H groups in total. The Hall–Kier alpha value is -2.32. The Balaban J connectivity index is 1.95. The third-order valence-electron chi connectivity index (χ3n) is 4.02. The largest absolute Gasteiger partial charge is 0.289 e. The summed E-state index contributed by atoms with van der Waals surface area (Å²) in [5.41, 5.74) is 3.03. The number of hydrogen-bond acceptors (Lipinski definition) is 1. The second-order valence-electron chi connectivity index (χ2n) is 5.90. The average molecular weight is 333 g/mol.